The van der Waals surface area contributed by atoms with Crippen molar-refractivity contribution >= 4 is 5.91 Å². The number of amides is 1. The number of rotatable bonds is 0. The third-order valence-electron chi connectivity index (χ3n) is 1.44. The summed E-state index contributed by atoms with van der Waals surface area (Å²) in [5, 5.41) is 11.0. The predicted molar refractivity (Wildman–Crippen MR) is 31.3 cm³/mol. The van der Waals surface area contributed by atoms with E-state index in [-0.39, 0.29) is 5.91 Å². The van der Waals surface area contributed by atoms with Crippen molar-refractivity contribution in [2.45, 2.75) is 12.8 Å². The summed E-state index contributed by atoms with van der Waals surface area (Å²) in [5.74, 6) is -0.498. The molecule has 0 saturated carbocycles. The van der Waals surface area contributed by atoms with Crippen LogP contribution in [0.3, 0.4) is 0 Å². The lowest BCUT2D eigenvalue weighted by atomic mass is 10.0. The minimum atomic E-state index is -0.390. The van der Waals surface area contributed by atoms with E-state index in [1.54, 1.807) is 0 Å². The Morgan fingerprint density at radius 3 is 3.00 bits per heavy atom. The lowest BCUT2D eigenvalue weighted by Gasteiger charge is -2.14. The Morgan fingerprint density at radius 2 is 2.56 bits per heavy atom. The smallest absolute Gasteiger partial charge is 0.237 e. The molecule has 3 nitrogen and oxygen atoms in total. The molecule has 1 atom stereocenters. The minimum Gasteiger partial charge on any atom is -0.355 e. The van der Waals surface area contributed by atoms with Crippen molar-refractivity contribution in [3.63, 3.8) is 0 Å². The molecule has 9 heavy (non-hydrogen) atoms. The van der Waals surface area contributed by atoms with Gasteiger partial charge in [0.2, 0.25) is 5.91 Å². The van der Waals surface area contributed by atoms with Gasteiger partial charge in [0.25, 0.3) is 0 Å². The number of carbonyl (C=O) groups is 1. The van der Waals surface area contributed by atoms with E-state index in [4.69, 9.17) is 5.26 Å². The molecule has 0 radical (unpaired) electrons. The Hall–Kier alpha value is -1.04. The minimum absolute atomic E-state index is 0.108. The van der Waals surface area contributed by atoms with Crippen molar-refractivity contribution in [1.29, 1.82) is 5.26 Å². The Kier molecular flexibility index (Phi) is 1.69. The highest BCUT2D eigenvalue weighted by Crippen LogP contribution is 2.08. The summed E-state index contributed by atoms with van der Waals surface area (Å²) >= 11 is 0. The number of piperidine rings is 1. The molecule has 48 valence electrons. The fourth-order valence-corrected chi connectivity index (χ4v) is 0.895. The monoisotopic (exact) mass is 124 g/mol. The maximum Gasteiger partial charge on any atom is 0.237 e. The molecule has 1 aliphatic rings. The van der Waals surface area contributed by atoms with Crippen LogP contribution in [0.5, 0.6) is 0 Å². The van der Waals surface area contributed by atoms with Crippen LogP contribution >= 0.6 is 0 Å². The zero-order valence-corrected chi connectivity index (χ0v) is 5.05. The largest absolute Gasteiger partial charge is 0.355 e. The number of hydrogen-bond donors (Lipinski definition) is 1. The zero-order valence-electron chi connectivity index (χ0n) is 5.05. The molecule has 1 fully saturated rings. The molecule has 1 rings (SSSR count). The molecule has 1 N–H and O–H groups in total. The van der Waals surface area contributed by atoms with Crippen molar-refractivity contribution in [3.8, 4) is 6.07 Å². The molecule has 1 amide bonds. The standard InChI is InChI=1S/C6H8N2O/c7-4-5-2-1-3-8-6(5)9/h5H,1-3H2,(H,8,9). The number of nitrogens with zero attached hydrogens (tertiary/aromatic N) is 1. The van der Waals surface area contributed by atoms with Crippen LogP contribution in [0.1, 0.15) is 12.8 Å². The lowest BCUT2D eigenvalue weighted by Crippen LogP contribution is -2.35. The molecule has 0 aromatic heterocycles. The summed E-state index contributed by atoms with van der Waals surface area (Å²) in [6.45, 7) is 0.733. The third kappa shape index (κ3) is 1.20. The molecule has 0 aromatic carbocycles. The SMILES string of the molecule is N#CC1CCCNC1=O. The quantitative estimate of drug-likeness (QED) is 0.495. The van der Waals surface area contributed by atoms with Gasteiger partial charge in [0.1, 0.15) is 5.92 Å². The van der Waals surface area contributed by atoms with Gasteiger partial charge in [-0.3, -0.25) is 4.79 Å². The average molecular weight is 124 g/mol. The molecule has 0 aromatic rings. The number of nitriles is 1. The summed E-state index contributed by atoms with van der Waals surface area (Å²) in [7, 11) is 0. The third-order valence-corrected chi connectivity index (χ3v) is 1.44. The van der Waals surface area contributed by atoms with Gasteiger partial charge in [-0.1, -0.05) is 0 Å². The zero-order chi connectivity index (χ0) is 6.69. The van der Waals surface area contributed by atoms with Crippen LogP contribution < -0.4 is 5.32 Å². The van der Waals surface area contributed by atoms with E-state index in [1.165, 1.54) is 0 Å². The van der Waals surface area contributed by atoms with Gasteiger partial charge in [-0.25, -0.2) is 0 Å². The highest BCUT2D eigenvalue weighted by Gasteiger charge is 2.20. The normalized spacial score (nSPS) is 26.6. The molecule has 0 spiro atoms. The van der Waals surface area contributed by atoms with Crippen molar-refractivity contribution in [2.24, 2.45) is 5.92 Å². The maximum absolute atomic E-state index is 10.7. The van der Waals surface area contributed by atoms with Crippen LogP contribution in [0, 0.1) is 17.2 Å². The van der Waals surface area contributed by atoms with Crippen LogP contribution in [0.4, 0.5) is 0 Å². The molecule has 1 saturated heterocycles. The van der Waals surface area contributed by atoms with Crippen molar-refractivity contribution in [3.05, 3.63) is 0 Å². The lowest BCUT2D eigenvalue weighted by molar-refractivity contribution is -0.124. The first-order valence-corrected chi connectivity index (χ1v) is 3.02. The molecular formula is C6H8N2O. The predicted octanol–water partition coefficient (Wildman–Crippen LogP) is 0.0362. The van der Waals surface area contributed by atoms with E-state index in [0.717, 1.165) is 19.4 Å². The van der Waals surface area contributed by atoms with Crippen LogP contribution in [-0.4, -0.2) is 12.5 Å². The van der Waals surface area contributed by atoms with E-state index in [2.05, 4.69) is 5.32 Å². The van der Waals surface area contributed by atoms with Gasteiger partial charge >= 0.3 is 0 Å². The van der Waals surface area contributed by atoms with Crippen molar-refractivity contribution < 1.29 is 4.79 Å². The van der Waals surface area contributed by atoms with Gasteiger partial charge in [0.15, 0.2) is 0 Å². The summed E-state index contributed by atoms with van der Waals surface area (Å²) < 4.78 is 0. The van der Waals surface area contributed by atoms with Gasteiger partial charge in [0.05, 0.1) is 6.07 Å². The van der Waals surface area contributed by atoms with Crippen LogP contribution in [0.25, 0.3) is 0 Å². The topological polar surface area (TPSA) is 52.9 Å². The first-order chi connectivity index (χ1) is 4.34. The summed E-state index contributed by atoms with van der Waals surface area (Å²) in [5.41, 5.74) is 0. The number of nitrogens with one attached hydrogen (secondary N) is 1. The second kappa shape index (κ2) is 2.49. The molecular weight excluding hydrogens is 116 g/mol. The van der Waals surface area contributed by atoms with Gasteiger partial charge in [-0.2, -0.15) is 5.26 Å². The number of hydrogen-bond acceptors (Lipinski definition) is 2. The van der Waals surface area contributed by atoms with E-state index >= 15 is 0 Å². The van der Waals surface area contributed by atoms with Crippen LogP contribution in [0.2, 0.25) is 0 Å². The molecule has 3 heteroatoms. The second-order valence-corrected chi connectivity index (χ2v) is 2.11. The first-order valence-electron chi connectivity index (χ1n) is 3.02. The van der Waals surface area contributed by atoms with Gasteiger partial charge < -0.3 is 5.32 Å². The second-order valence-electron chi connectivity index (χ2n) is 2.11. The van der Waals surface area contributed by atoms with Crippen molar-refractivity contribution in [1.82, 2.24) is 5.32 Å². The fraction of sp³-hybridized carbons (Fsp3) is 0.667. The molecule has 0 bridgehead atoms. The van der Waals surface area contributed by atoms with E-state index in [9.17, 15) is 4.79 Å². The van der Waals surface area contributed by atoms with Gasteiger partial charge in [0, 0.05) is 6.54 Å². The average Bonchev–Trinajstić information content (AvgIpc) is 1.89. The maximum atomic E-state index is 10.7. The molecule has 1 unspecified atom stereocenters. The van der Waals surface area contributed by atoms with Gasteiger partial charge in [-0.05, 0) is 12.8 Å². The Balaban J connectivity index is 2.51. The fourth-order valence-electron chi connectivity index (χ4n) is 0.895. The van der Waals surface area contributed by atoms with E-state index < -0.39 is 5.92 Å². The van der Waals surface area contributed by atoms with E-state index in [0.29, 0.717) is 0 Å². The van der Waals surface area contributed by atoms with Crippen LogP contribution in [0.15, 0.2) is 0 Å². The summed E-state index contributed by atoms with van der Waals surface area (Å²) in [6, 6.07) is 1.94. The van der Waals surface area contributed by atoms with Crippen LogP contribution in [-0.2, 0) is 4.79 Å². The number of carbonyl (C=O) groups excluding carboxylic acids is 1. The Bertz CT molecular complexity index is 159. The highest BCUT2D eigenvalue weighted by molar-refractivity contribution is 5.81. The first kappa shape index (κ1) is 6.09. The molecule has 1 heterocycles. The molecule has 1 aliphatic heterocycles. The van der Waals surface area contributed by atoms with E-state index in [1.807, 2.05) is 6.07 Å². The Labute approximate surface area is 53.7 Å². The summed E-state index contributed by atoms with van der Waals surface area (Å²) in [4.78, 5) is 10.7. The summed E-state index contributed by atoms with van der Waals surface area (Å²) in [6.07, 6.45) is 1.66. The van der Waals surface area contributed by atoms with Gasteiger partial charge in [-0.15, -0.1) is 0 Å². The highest BCUT2D eigenvalue weighted by atomic mass is 16.1. The molecule has 0 aliphatic carbocycles. The van der Waals surface area contributed by atoms with Crippen molar-refractivity contribution in [2.75, 3.05) is 6.54 Å². The Morgan fingerprint density at radius 1 is 1.78 bits per heavy atom.